The van der Waals surface area contributed by atoms with Gasteiger partial charge in [0, 0.05) is 60.2 Å². The van der Waals surface area contributed by atoms with E-state index >= 15 is 0 Å². The molecule has 16 nitrogen and oxygen atoms in total. The first-order valence-corrected chi connectivity index (χ1v) is 25.5. The van der Waals surface area contributed by atoms with E-state index in [2.05, 4.69) is 50.3 Å². The second kappa shape index (κ2) is 23.5. The van der Waals surface area contributed by atoms with Crippen LogP contribution in [0.1, 0.15) is 97.0 Å². The lowest BCUT2D eigenvalue weighted by molar-refractivity contribution is -0.143. The van der Waals surface area contributed by atoms with Crippen molar-refractivity contribution in [2.24, 2.45) is 10.4 Å². The summed E-state index contributed by atoms with van der Waals surface area (Å²) in [6, 6.07) is 13.7. The Morgan fingerprint density at radius 3 is 2.28 bits per heavy atom. The van der Waals surface area contributed by atoms with Crippen LogP contribution in [0.2, 0.25) is 5.02 Å². The maximum absolute atomic E-state index is 14.0. The number of nitrogens with one attached hydrogen (secondary N) is 4. The first kappa shape index (κ1) is 51.5. The summed E-state index contributed by atoms with van der Waals surface area (Å²) in [6.07, 6.45) is 1.53. The molecular formula is C50H63ClN10O6S2. The highest BCUT2D eigenvalue weighted by molar-refractivity contribution is 7.15. The Morgan fingerprint density at radius 2 is 1.58 bits per heavy atom. The van der Waals surface area contributed by atoms with Crippen LogP contribution in [0.3, 0.4) is 0 Å². The molecule has 0 spiro atoms. The topological polar surface area (TPSA) is 194 Å². The number of nitrogens with zero attached hydrogens (tertiary/aromatic N) is 6. The van der Waals surface area contributed by atoms with E-state index in [9.17, 15) is 19.2 Å². The molecule has 5 heterocycles. The zero-order valence-electron chi connectivity index (χ0n) is 40.4. The Kier molecular flexibility index (Phi) is 17.5. The molecule has 4 N–H and O–H groups in total. The van der Waals surface area contributed by atoms with E-state index in [0.717, 1.165) is 54.9 Å². The summed E-state index contributed by atoms with van der Waals surface area (Å²) >= 11 is 9.49. The lowest BCUT2D eigenvalue weighted by Crippen LogP contribution is -2.57. The highest BCUT2D eigenvalue weighted by Gasteiger charge is 2.42. The summed E-state index contributed by atoms with van der Waals surface area (Å²) in [4.78, 5) is 67.2. The number of aromatic nitrogens is 4. The first-order chi connectivity index (χ1) is 33.1. The Hall–Kier alpha value is -5.37. The predicted molar refractivity (Wildman–Crippen MR) is 270 cm³/mol. The lowest BCUT2D eigenvalue weighted by Gasteiger charge is -2.35. The molecule has 19 heteroatoms. The fourth-order valence-electron chi connectivity index (χ4n) is 8.45. The minimum atomic E-state index is -0.793. The van der Waals surface area contributed by atoms with Crippen molar-refractivity contribution in [1.29, 1.82) is 0 Å². The van der Waals surface area contributed by atoms with E-state index in [-0.39, 0.29) is 36.5 Å². The number of aliphatic imine (C=N–C) groups is 1. The predicted octanol–water partition coefficient (Wildman–Crippen LogP) is 6.59. The van der Waals surface area contributed by atoms with E-state index in [1.807, 2.05) is 93.2 Å². The second-order valence-electron chi connectivity index (χ2n) is 18.4. The molecule has 0 radical (unpaired) electrons. The fourth-order valence-corrected chi connectivity index (χ4v) is 10.6. The summed E-state index contributed by atoms with van der Waals surface area (Å²) < 4.78 is 13.4. The maximum Gasteiger partial charge on any atom is 0.246 e. The van der Waals surface area contributed by atoms with E-state index in [1.54, 1.807) is 27.6 Å². The van der Waals surface area contributed by atoms with Crippen molar-refractivity contribution >= 4 is 63.6 Å². The molecule has 0 bridgehead atoms. The number of thiazole rings is 1. The van der Waals surface area contributed by atoms with Crippen molar-refractivity contribution in [2.75, 3.05) is 52.6 Å². The van der Waals surface area contributed by atoms with Gasteiger partial charge in [-0.3, -0.25) is 28.7 Å². The number of fused-ring (bicyclic) bond motifs is 3. The van der Waals surface area contributed by atoms with Gasteiger partial charge in [0.1, 0.15) is 29.0 Å². The van der Waals surface area contributed by atoms with Crippen LogP contribution in [0, 0.1) is 33.1 Å². The average molecular weight is 1000 g/mol. The minimum Gasteiger partial charge on any atom is -0.378 e. The molecule has 0 aliphatic carbocycles. The first-order valence-electron chi connectivity index (χ1n) is 23.5. The molecule has 3 atom stereocenters. The zero-order chi connectivity index (χ0) is 49.2. The lowest BCUT2D eigenvalue weighted by atomic mass is 9.85. The number of hydrogen-bond donors (Lipinski definition) is 4. The van der Waals surface area contributed by atoms with Crippen LogP contribution in [0.15, 0.2) is 59.0 Å². The third-order valence-corrected chi connectivity index (χ3v) is 14.7. The van der Waals surface area contributed by atoms with Crippen LogP contribution < -0.4 is 21.3 Å². The Labute approximate surface area is 417 Å². The molecule has 5 aromatic rings. The van der Waals surface area contributed by atoms with E-state index in [0.29, 0.717) is 82.8 Å². The number of likely N-dealkylation sites (tertiary alicyclic amines) is 1. The van der Waals surface area contributed by atoms with Crippen LogP contribution >= 0.6 is 34.3 Å². The van der Waals surface area contributed by atoms with Crippen molar-refractivity contribution in [2.45, 2.75) is 98.8 Å². The van der Waals surface area contributed by atoms with Gasteiger partial charge in [0.15, 0.2) is 5.82 Å². The quantitative estimate of drug-likeness (QED) is 0.0583. The highest BCUT2D eigenvalue weighted by Crippen LogP contribution is 2.40. The van der Waals surface area contributed by atoms with Gasteiger partial charge in [-0.25, -0.2) is 4.98 Å². The molecule has 7 rings (SSSR count). The zero-order valence-corrected chi connectivity index (χ0v) is 42.8. The fraction of sp³-hybridized carbons (Fsp3) is 0.480. The smallest absolute Gasteiger partial charge is 0.246 e. The number of benzene rings is 2. The number of amides is 4. The largest absolute Gasteiger partial charge is 0.378 e. The summed E-state index contributed by atoms with van der Waals surface area (Å²) in [5.41, 5.74) is 8.13. The third-order valence-electron chi connectivity index (χ3n) is 12.3. The standard InChI is InChI=1S/C50H63ClN10O6S2/c1-30-32(3)69-49-42(30)43(35-14-16-37(51)17-15-35)56-38(46-59-58-33(4)61(46)49)27-41(63)53-21-24-67-26-25-66-23-20-52-19-18-40(62)57-45(50(5,6)7)48(65)60-22-8-9-39(60)47(64)54-28-34-10-12-36(13-11-34)44-31(2)55-29-68-44/h10-17,29,38-39,45,52H,8-9,18-28H2,1-7H3,(H,53,63)(H,54,64)(H,57,62)/t38-,39?,45?/m0/s1. The van der Waals surface area contributed by atoms with Crippen LogP contribution in [-0.2, 0) is 35.2 Å². The van der Waals surface area contributed by atoms with E-state index < -0.39 is 23.5 Å². The van der Waals surface area contributed by atoms with Crippen LogP contribution in [0.5, 0.6) is 0 Å². The van der Waals surface area contributed by atoms with Crippen molar-refractivity contribution in [3.8, 4) is 15.4 Å². The van der Waals surface area contributed by atoms with Crippen LogP contribution in [-0.4, -0.2) is 119 Å². The molecule has 0 saturated carbocycles. The van der Waals surface area contributed by atoms with Crippen LogP contribution in [0.25, 0.3) is 15.4 Å². The Balaban J connectivity index is 0.773. The minimum absolute atomic E-state index is 0.0844. The highest BCUT2D eigenvalue weighted by atomic mass is 35.5. The molecule has 2 unspecified atom stereocenters. The van der Waals surface area contributed by atoms with Crippen molar-refractivity contribution < 1.29 is 28.7 Å². The third kappa shape index (κ3) is 12.9. The SMILES string of the molecule is Cc1ncsc1-c1ccc(CNC(=O)C2CCCN2C(=O)C(NC(=O)CCNCCOCCOCCNC(=O)C[C@@H]2N=C(c3ccc(Cl)cc3)c3c(sc(C)c3C)-n3c(C)nnc32)C(C)(C)C)cc1. The number of ether oxygens (including phenoxy) is 2. The molecular weight excluding hydrogens is 936 g/mol. The van der Waals surface area contributed by atoms with Gasteiger partial charge in [-0.05, 0) is 74.8 Å². The number of thiophene rings is 1. The molecule has 1 fully saturated rings. The second-order valence-corrected chi connectivity index (χ2v) is 20.9. The number of hydrogen-bond acceptors (Lipinski definition) is 13. The van der Waals surface area contributed by atoms with Gasteiger partial charge in [-0.2, -0.15) is 0 Å². The molecule has 2 aliphatic rings. The summed E-state index contributed by atoms with van der Waals surface area (Å²) in [5.74, 6) is 0.474. The molecule has 3 aromatic heterocycles. The molecule has 1 saturated heterocycles. The van der Waals surface area contributed by atoms with Crippen molar-refractivity contribution in [3.63, 3.8) is 0 Å². The molecule has 368 valence electrons. The number of rotatable bonds is 21. The summed E-state index contributed by atoms with van der Waals surface area (Å²) in [5, 5.41) is 22.6. The van der Waals surface area contributed by atoms with Crippen LogP contribution in [0.4, 0.5) is 0 Å². The van der Waals surface area contributed by atoms with Gasteiger partial charge in [0.25, 0.3) is 0 Å². The molecule has 2 aromatic carbocycles. The number of carbonyl (C=O) groups is 4. The summed E-state index contributed by atoms with van der Waals surface area (Å²) in [6.45, 7) is 17.3. The monoisotopic (exact) mass is 998 g/mol. The number of aryl methyl sites for hydroxylation is 3. The van der Waals surface area contributed by atoms with Gasteiger partial charge < -0.3 is 35.6 Å². The van der Waals surface area contributed by atoms with E-state index in [4.69, 9.17) is 26.1 Å². The Bertz CT molecular complexity index is 2620. The van der Waals surface area contributed by atoms with Gasteiger partial charge in [-0.1, -0.05) is 68.8 Å². The average Bonchev–Trinajstić information content (AvgIpc) is 4.12. The van der Waals surface area contributed by atoms with E-state index in [1.165, 1.54) is 4.88 Å². The molecule has 69 heavy (non-hydrogen) atoms. The number of halogens is 1. The molecule has 2 aliphatic heterocycles. The molecule has 4 amide bonds. The Morgan fingerprint density at radius 1 is 0.870 bits per heavy atom. The van der Waals surface area contributed by atoms with Crippen molar-refractivity contribution in [1.82, 2.24) is 45.9 Å². The van der Waals surface area contributed by atoms with Gasteiger partial charge in [0.05, 0.1) is 54.6 Å². The van der Waals surface area contributed by atoms with Gasteiger partial charge >= 0.3 is 0 Å². The van der Waals surface area contributed by atoms with Gasteiger partial charge in [-0.15, -0.1) is 32.9 Å². The van der Waals surface area contributed by atoms with Crippen molar-refractivity contribution in [3.05, 3.63) is 104 Å². The summed E-state index contributed by atoms with van der Waals surface area (Å²) in [7, 11) is 0. The maximum atomic E-state index is 14.0. The van der Waals surface area contributed by atoms with Gasteiger partial charge in [0.2, 0.25) is 23.6 Å². The normalized spacial score (nSPS) is 16.1. The number of carbonyl (C=O) groups excluding carboxylic acids is 4.